The average Bonchev–Trinajstić information content (AvgIpc) is 3.54. The molecule has 6 atom stereocenters. The third-order valence-electron chi connectivity index (χ3n) is 9.34. The van der Waals surface area contributed by atoms with Gasteiger partial charge in [-0.2, -0.15) is 0 Å². The predicted octanol–water partition coefficient (Wildman–Crippen LogP) is 1.87. The van der Waals surface area contributed by atoms with E-state index in [2.05, 4.69) is 16.0 Å². The molecule has 2 aromatic carbocycles. The zero-order chi connectivity index (χ0) is 34.4. The summed E-state index contributed by atoms with van der Waals surface area (Å²) in [4.78, 5) is 72.9. The first-order valence-electron chi connectivity index (χ1n) is 16.3. The lowest BCUT2D eigenvalue weighted by Gasteiger charge is -2.34. The van der Waals surface area contributed by atoms with Gasteiger partial charge < -0.3 is 36.0 Å². The Bertz CT molecular complexity index is 1450. The summed E-state index contributed by atoms with van der Waals surface area (Å²) in [5.41, 5.74) is 1.34. The van der Waals surface area contributed by atoms with Gasteiger partial charge in [-0.3, -0.25) is 24.0 Å². The largest absolute Gasteiger partial charge is 0.508 e. The van der Waals surface area contributed by atoms with Gasteiger partial charge >= 0.3 is 0 Å². The molecule has 254 valence electrons. The summed E-state index contributed by atoms with van der Waals surface area (Å²) >= 11 is 0. The lowest BCUT2D eigenvalue weighted by molar-refractivity contribution is -0.144. The molecule has 12 nitrogen and oxygen atoms in total. The number of benzene rings is 2. The third-order valence-corrected chi connectivity index (χ3v) is 9.34. The van der Waals surface area contributed by atoms with Gasteiger partial charge in [-0.05, 0) is 60.1 Å². The van der Waals surface area contributed by atoms with E-state index in [1.165, 1.54) is 41.1 Å². The second-order valence-corrected chi connectivity index (χ2v) is 13.1. The van der Waals surface area contributed by atoms with Gasteiger partial charge in [-0.25, -0.2) is 0 Å². The number of rotatable bonds is 7. The number of carbonyl (C=O) groups is 5. The Balaban J connectivity index is 1.81. The maximum atomic E-state index is 14.3. The second kappa shape index (κ2) is 15.3. The summed E-state index contributed by atoms with van der Waals surface area (Å²) < 4.78 is 0. The van der Waals surface area contributed by atoms with Crippen LogP contribution in [0.1, 0.15) is 58.1 Å². The monoisotopic (exact) mass is 649 g/mol. The molecule has 0 saturated carbocycles. The molecule has 0 unspecified atom stereocenters. The molecule has 5 N–H and O–H groups in total. The number of phenols is 2. The van der Waals surface area contributed by atoms with Crippen LogP contribution in [0.25, 0.3) is 0 Å². The fraction of sp³-hybridized carbons (Fsp3) is 0.514. The summed E-state index contributed by atoms with van der Waals surface area (Å²) in [7, 11) is 1.50. The SMILES string of the molecule is CC[C@H](C)[C@@H]1NC(=O)[C@H](C(C)C)NC(=O)[C@@H]2CCCN2C(=O)[C@H](Cc2ccc(O)cc2)NC(=O)[C@H](Cc2ccc(O)cc2)N(C)C1=O. The minimum absolute atomic E-state index is 0.0480. The Morgan fingerprint density at radius 1 is 0.745 bits per heavy atom. The van der Waals surface area contributed by atoms with Gasteiger partial charge in [0.15, 0.2) is 0 Å². The zero-order valence-corrected chi connectivity index (χ0v) is 27.7. The molecule has 2 aromatic rings. The summed E-state index contributed by atoms with van der Waals surface area (Å²) in [6.07, 6.45) is 1.65. The lowest BCUT2D eigenvalue weighted by Crippen LogP contribution is -2.60. The van der Waals surface area contributed by atoms with E-state index in [1.807, 2.05) is 13.8 Å². The summed E-state index contributed by atoms with van der Waals surface area (Å²) in [6.45, 7) is 7.63. The molecular formula is C35H47N5O7. The molecule has 2 heterocycles. The fourth-order valence-electron chi connectivity index (χ4n) is 6.18. The maximum absolute atomic E-state index is 14.3. The molecule has 0 aromatic heterocycles. The first-order valence-corrected chi connectivity index (χ1v) is 16.3. The maximum Gasteiger partial charge on any atom is 0.246 e. The highest BCUT2D eigenvalue weighted by Gasteiger charge is 2.42. The van der Waals surface area contributed by atoms with Crippen LogP contribution < -0.4 is 16.0 Å². The third kappa shape index (κ3) is 8.41. The summed E-state index contributed by atoms with van der Waals surface area (Å²) in [5.74, 6) is -3.05. The molecule has 4 rings (SSSR count). The number of hydrogen-bond acceptors (Lipinski definition) is 7. The van der Waals surface area contributed by atoms with Crippen LogP contribution in [0.5, 0.6) is 11.5 Å². The van der Waals surface area contributed by atoms with Crippen molar-refractivity contribution in [2.75, 3.05) is 13.6 Å². The number of fused-ring (bicyclic) bond motifs is 1. The number of nitrogens with one attached hydrogen (secondary N) is 3. The molecule has 5 amide bonds. The van der Waals surface area contributed by atoms with Crippen molar-refractivity contribution in [1.29, 1.82) is 0 Å². The molecule has 0 bridgehead atoms. The van der Waals surface area contributed by atoms with E-state index >= 15 is 0 Å². The predicted molar refractivity (Wildman–Crippen MR) is 175 cm³/mol. The number of phenolic OH excluding ortho intramolecular Hbond substituents is 2. The van der Waals surface area contributed by atoms with Crippen molar-refractivity contribution in [1.82, 2.24) is 25.8 Å². The van der Waals surface area contributed by atoms with E-state index in [9.17, 15) is 34.2 Å². The van der Waals surface area contributed by atoms with E-state index in [4.69, 9.17) is 0 Å². The molecule has 2 saturated heterocycles. The Labute approximate surface area is 275 Å². The van der Waals surface area contributed by atoms with Gasteiger partial charge in [-0.1, -0.05) is 58.4 Å². The molecule has 12 heteroatoms. The number of amides is 5. The van der Waals surface area contributed by atoms with Crippen molar-refractivity contribution >= 4 is 29.5 Å². The number of carbonyl (C=O) groups excluding carboxylic acids is 5. The van der Waals surface area contributed by atoms with Gasteiger partial charge in [0.05, 0.1) is 0 Å². The van der Waals surface area contributed by atoms with E-state index < -0.39 is 59.7 Å². The van der Waals surface area contributed by atoms with E-state index in [1.54, 1.807) is 38.1 Å². The van der Waals surface area contributed by atoms with Crippen LogP contribution in [-0.4, -0.2) is 93.4 Å². The average molecular weight is 650 g/mol. The topological polar surface area (TPSA) is 168 Å². The molecule has 0 aliphatic carbocycles. The highest BCUT2D eigenvalue weighted by atomic mass is 16.3. The normalized spacial score (nSPS) is 25.4. The molecule has 2 fully saturated rings. The molecule has 2 aliphatic heterocycles. The van der Waals surface area contributed by atoms with E-state index in [0.717, 1.165) is 0 Å². The van der Waals surface area contributed by atoms with Crippen LogP contribution >= 0.6 is 0 Å². The van der Waals surface area contributed by atoms with Crippen LogP contribution in [0.4, 0.5) is 0 Å². The van der Waals surface area contributed by atoms with Crippen LogP contribution in [0.15, 0.2) is 48.5 Å². The van der Waals surface area contributed by atoms with E-state index in [-0.39, 0.29) is 36.2 Å². The van der Waals surface area contributed by atoms with Gasteiger partial charge in [0.1, 0.15) is 41.7 Å². The van der Waals surface area contributed by atoms with Gasteiger partial charge in [-0.15, -0.1) is 0 Å². The molecule has 47 heavy (non-hydrogen) atoms. The molecule has 0 spiro atoms. The minimum Gasteiger partial charge on any atom is -0.508 e. The number of likely N-dealkylation sites (N-methyl/N-ethyl adjacent to an activating group) is 1. The van der Waals surface area contributed by atoms with Crippen LogP contribution in [0.2, 0.25) is 0 Å². The van der Waals surface area contributed by atoms with Gasteiger partial charge in [0.2, 0.25) is 29.5 Å². The van der Waals surface area contributed by atoms with E-state index in [0.29, 0.717) is 36.9 Å². The minimum atomic E-state index is -1.09. The van der Waals surface area contributed by atoms with Crippen LogP contribution in [0, 0.1) is 11.8 Å². The Kier molecular flexibility index (Phi) is 11.5. The summed E-state index contributed by atoms with van der Waals surface area (Å²) in [6, 6.07) is 7.60. The van der Waals surface area contributed by atoms with Crippen LogP contribution in [0.3, 0.4) is 0 Å². The Hall–Kier alpha value is -4.61. The smallest absolute Gasteiger partial charge is 0.246 e. The van der Waals surface area contributed by atoms with Crippen molar-refractivity contribution in [2.24, 2.45) is 11.8 Å². The van der Waals surface area contributed by atoms with Crippen molar-refractivity contribution in [3.63, 3.8) is 0 Å². The highest BCUT2D eigenvalue weighted by molar-refractivity contribution is 5.98. The first kappa shape index (κ1) is 35.2. The molecule has 0 radical (unpaired) electrons. The Morgan fingerprint density at radius 3 is 1.85 bits per heavy atom. The standard InChI is InChI=1S/C35H47N5O7/c1-6-21(4)30-35(47)39(5)28(19-23-11-15-25(42)16-12-23)32(44)36-26(18-22-9-13-24(41)14-10-22)34(46)40-17-7-8-27(40)31(43)37-29(20(2)3)33(45)38-30/h9-16,20-21,26-30,41-42H,6-8,17-19H2,1-5H3,(H,36,44)(H,37,43)(H,38,45)/t21-,26-,27-,28-,29-,30-/m0/s1. The molecular weight excluding hydrogens is 602 g/mol. The quantitative estimate of drug-likeness (QED) is 0.305. The van der Waals surface area contributed by atoms with Gasteiger partial charge in [0, 0.05) is 26.4 Å². The second-order valence-electron chi connectivity index (χ2n) is 13.1. The van der Waals surface area contributed by atoms with Crippen LogP contribution in [-0.2, 0) is 36.8 Å². The fourth-order valence-corrected chi connectivity index (χ4v) is 6.18. The molecule has 2 aliphatic rings. The number of aromatic hydroxyl groups is 2. The number of nitrogens with zero attached hydrogens (tertiary/aromatic N) is 2. The lowest BCUT2D eigenvalue weighted by atomic mass is 9.94. The van der Waals surface area contributed by atoms with Crippen molar-refractivity contribution < 1.29 is 34.2 Å². The number of hydrogen-bond donors (Lipinski definition) is 5. The summed E-state index contributed by atoms with van der Waals surface area (Å²) in [5, 5.41) is 28.3. The van der Waals surface area contributed by atoms with Gasteiger partial charge in [0.25, 0.3) is 0 Å². The van der Waals surface area contributed by atoms with Crippen molar-refractivity contribution in [2.45, 2.75) is 90.0 Å². The van der Waals surface area contributed by atoms with Crippen molar-refractivity contribution in [3.8, 4) is 11.5 Å². The highest BCUT2D eigenvalue weighted by Crippen LogP contribution is 2.23. The Morgan fingerprint density at radius 2 is 1.30 bits per heavy atom. The van der Waals surface area contributed by atoms with Crippen molar-refractivity contribution in [3.05, 3.63) is 59.7 Å². The zero-order valence-electron chi connectivity index (χ0n) is 27.7. The first-order chi connectivity index (χ1) is 22.3.